The molecule has 0 aromatic rings. The maximum atomic E-state index is 11.0. The Balaban J connectivity index is 4.72. The largest absolute Gasteiger partial charge is 0.501 e. The van der Waals surface area contributed by atoms with Crippen LogP contribution >= 0.6 is 0 Å². The predicted octanol–water partition coefficient (Wildman–Crippen LogP) is 3.32. The van der Waals surface area contributed by atoms with Crippen LogP contribution in [0.1, 0.15) is 48.0 Å². The summed E-state index contributed by atoms with van der Waals surface area (Å²) in [4.78, 5) is 11.0. The molecule has 0 unspecified atom stereocenters. The van der Waals surface area contributed by atoms with Gasteiger partial charge in [-0.25, -0.2) is 4.79 Å². The van der Waals surface area contributed by atoms with Gasteiger partial charge in [-0.05, 0) is 48.0 Å². The summed E-state index contributed by atoms with van der Waals surface area (Å²) >= 11 is 0. The molecule has 0 atom stereocenters. The molecule has 0 radical (unpaired) electrons. The normalized spacial score (nSPS) is 12.2. The Morgan fingerprint density at radius 1 is 1.00 bits per heavy atom. The molecule has 0 saturated carbocycles. The first-order chi connectivity index (χ1) is 9.70. The molecule has 0 spiro atoms. The lowest BCUT2D eigenvalue weighted by Gasteiger charge is -2.34. The van der Waals surface area contributed by atoms with Crippen molar-refractivity contribution >= 4 is 14.8 Å². The van der Waals surface area contributed by atoms with Crippen LogP contribution in [0.2, 0.25) is 6.04 Å². The standard InChI is InChI=1S/C15H30O5Si/c1-8-15(16)17-10-9-11-21(18-12(2)3,19-13(4)5)20-14(6)7/h8,12-14H,1,9-11H2,2-7H3. The van der Waals surface area contributed by atoms with Gasteiger partial charge in [0, 0.05) is 30.4 Å². The molecule has 0 saturated heterocycles. The fourth-order valence-corrected chi connectivity index (χ4v) is 5.11. The molecule has 0 fully saturated rings. The van der Waals surface area contributed by atoms with Crippen molar-refractivity contribution in [3.05, 3.63) is 12.7 Å². The fourth-order valence-electron chi connectivity index (χ4n) is 1.86. The van der Waals surface area contributed by atoms with Gasteiger partial charge in [-0.3, -0.25) is 0 Å². The van der Waals surface area contributed by atoms with E-state index < -0.39 is 14.8 Å². The molecule has 6 heteroatoms. The van der Waals surface area contributed by atoms with Gasteiger partial charge in [0.25, 0.3) is 0 Å². The van der Waals surface area contributed by atoms with Crippen molar-refractivity contribution in [3.8, 4) is 0 Å². The van der Waals surface area contributed by atoms with Crippen molar-refractivity contribution in [2.45, 2.75) is 72.3 Å². The van der Waals surface area contributed by atoms with E-state index in [1.54, 1.807) is 0 Å². The summed E-state index contributed by atoms with van der Waals surface area (Å²) in [5, 5.41) is 0. The Bertz CT molecular complexity index is 289. The van der Waals surface area contributed by atoms with Gasteiger partial charge in [0.2, 0.25) is 0 Å². The van der Waals surface area contributed by atoms with Gasteiger partial charge in [0.15, 0.2) is 0 Å². The molecule has 0 aliphatic carbocycles. The summed E-state index contributed by atoms with van der Waals surface area (Å²) in [6.45, 7) is 15.5. The number of hydrogen-bond donors (Lipinski definition) is 0. The zero-order valence-corrected chi connectivity index (χ0v) is 15.2. The molecule has 0 amide bonds. The lowest BCUT2D eigenvalue weighted by Crippen LogP contribution is -2.50. The van der Waals surface area contributed by atoms with Crippen LogP contribution in [0.25, 0.3) is 0 Å². The van der Waals surface area contributed by atoms with E-state index in [2.05, 4.69) is 6.58 Å². The number of hydrogen-bond acceptors (Lipinski definition) is 5. The molecule has 0 rings (SSSR count). The second kappa shape index (κ2) is 10.1. The second-order valence-electron chi connectivity index (χ2n) is 5.66. The van der Waals surface area contributed by atoms with Crippen molar-refractivity contribution < 1.29 is 22.8 Å². The molecule has 0 heterocycles. The summed E-state index contributed by atoms with van der Waals surface area (Å²) in [7, 11) is -2.78. The van der Waals surface area contributed by atoms with E-state index in [9.17, 15) is 4.79 Å². The zero-order valence-electron chi connectivity index (χ0n) is 14.2. The predicted molar refractivity (Wildman–Crippen MR) is 85.0 cm³/mol. The Morgan fingerprint density at radius 3 is 1.76 bits per heavy atom. The van der Waals surface area contributed by atoms with Crippen LogP contribution in [0.15, 0.2) is 12.7 Å². The number of carbonyl (C=O) groups excluding carboxylic acids is 1. The highest BCUT2D eigenvalue weighted by Crippen LogP contribution is 2.23. The summed E-state index contributed by atoms with van der Waals surface area (Å²) < 4.78 is 23.1. The van der Waals surface area contributed by atoms with Crippen molar-refractivity contribution in [2.75, 3.05) is 6.61 Å². The van der Waals surface area contributed by atoms with Crippen LogP contribution in [-0.2, 0) is 22.8 Å². The SMILES string of the molecule is C=CC(=O)OCCC[Si](OC(C)C)(OC(C)C)OC(C)C. The van der Waals surface area contributed by atoms with Gasteiger partial charge in [0.1, 0.15) is 0 Å². The quantitative estimate of drug-likeness (QED) is 0.253. The first-order valence-electron chi connectivity index (χ1n) is 7.53. The molecule has 0 aromatic heterocycles. The smallest absolute Gasteiger partial charge is 0.463 e. The number of esters is 1. The second-order valence-corrected chi connectivity index (χ2v) is 8.23. The maximum absolute atomic E-state index is 11.0. The van der Waals surface area contributed by atoms with Gasteiger partial charge in [-0.2, -0.15) is 0 Å². The molecule has 0 aliphatic rings. The summed E-state index contributed by atoms with van der Waals surface area (Å²) in [6.07, 6.45) is 1.85. The van der Waals surface area contributed by atoms with E-state index in [0.29, 0.717) is 19.1 Å². The molecule has 21 heavy (non-hydrogen) atoms. The maximum Gasteiger partial charge on any atom is 0.501 e. The average molecular weight is 318 g/mol. The van der Waals surface area contributed by atoms with Gasteiger partial charge < -0.3 is 18.0 Å². The van der Waals surface area contributed by atoms with Crippen LogP contribution in [0.3, 0.4) is 0 Å². The molecule has 0 aromatic carbocycles. The van der Waals surface area contributed by atoms with Crippen molar-refractivity contribution in [1.29, 1.82) is 0 Å². The van der Waals surface area contributed by atoms with Crippen LogP contribution in [-0.4, -0.2) is 39.7 Å². The summed E-state index contributed by atoms with van der Waals surface area (Å²) in [5.74, 6) is -0.415. The third-order valence-electron chi connectivity index (χ3n) is 2.28. The molecule has 0 N–H and O–H groups in total. The van der Waals surface area contributed by atoms with Crippen LogP contribution in [0.5, 0.6) is 0 Å². The lowest BCUT2D eigenvalue weighted by atomic mass is 10.5. The molecular formula is C15H30O5Si. The fraction of sp³-hybridized carbons (Fsp3) is 0.800. The van der Waals surface area contributed by atoms with Gasteiger partial charge in [-0.15, -0.1) is 0 Å². The summed E-state index contributed by atoms with van der Waals surface area (Å²) in [6, 6.07) is 0.617. The number of ether oxygens (including phenoxy) is 1. The Kier molecular flexibility index (Phi) is 9.77. The topological polar surface area (TPSA) is 54.0 Å². The molecule has 124 valence electrons. The van der Waals surface area contributed by atoms with Crippen LogP contribution in [0, 0.1) is 0 Å². The highest BCUT2D eigenvalue weighted by molar-refractivity contribution is 6.60. The highest BCUT2D eigenvalue weighted by atomic mass is 28.4. The zero-order chi connectivity index (χ0) is 16.5. The first kappa shape index (κ1) is 20.3. The Morgan fingerprint density at radius 2 is 1.43 bits per heavy atom. The Labute approximate surface area is 130 Å². The van der Waals surface area contributed by atoms with Crippen LogP contribution < -0.4 is 0 Å². The first-order valence-corrected chi connectivity index (χ1v) is 9.46. The third kappa shape index (κ3) is 9.79. The molecular weight excluding hydrogens is 288 g/mol. The molecule has 5 nitrogen and oxygen atoms in total. The average Bonchev–Trinajstić information content (AvgIpc) is 2.31. The summed E-state index contributed by atoms with van der Waals surface area (Å²) in [5.41, 5.74) is 0. The monoisotopic (exact) mass is 318 g/mol. The minimum atomic E-state index is -2.78. The molecule has 0 bridgehead atoms. The van der Waals surface area contributed by atoms with E-state index in [1.165, 1.54) is 0 Å². The lowest BCUT2D eigenvalue weighted by molar-refractivity contribution is -0.137. The van der Waals surface area contributed by atoms with Gasteiger partial charge in [-0.1, -0.05) is 6.58 Å². The van der Waals surface area contributed by atoms with E-state index in [4.69, 9.17) is 18.0 Å². The van der Waals surface area contributed by atoms with E-state index in [0.717, 1.165) is 6.08 Å². The van der Waals surface area contributed by atoms with Crippen LogP contribution in [0.4, 0.5) is 0 Å². The van der Waals surface area contributed by atoms with Crippen molar-refractivity contribution in [2.24, 2.45) is 0 Å². The van der Waals surface area contributed by atoms with E-state index >= 15 is 0 Å². The van der Waals surface area contributed by atoms with Gasteiger partial charge >= 0.3 is 14.8 Å². The third-order valence-corrected chi connectivity index (χ3v) is 5.74. The van der Waals surface area contributed by atoms with E-state index in [-0.39, 0.29) is 18.3 Å². The molecule has 0 aliphatic heterocycles. The highest BCUT2D eigenvalue weighted by Gasteiger charge is 2.43. The number of rotatable bonds is 11. The minimum absolute atomic E-state index is 0.0184. The van der Waals surface area contributed by atoms with Crippen molar-refractivity contribution in [3.63, 3.8) is 0 Å². The van der Waals surface area contributed by atoms with Crippen molar-refractivity contribution in [1.82, 2.24) is 0 Å². The van der Waals surface area contributed by atoms with E-state index in [1.807, 2.05) is 41.5 Å². The Hall–Kier alpha value is -0.693. The minimum Gasteiger partial charge on any atom is -0.463 e. The number of carbonyl (C=O) groups is 1. The van der Waals surface area contributed by atoms with Gasteiger partial charge in [0.05, 0.1) is 6.61 Å².